The van der Waals surface area contributed by atoms with Crippen LogP contribution in [0.25, 0.3) is 0 Å². The number of hydrogen-bond donors (Lipinski definition) is 4. The van der Waals surface area contributed by atoms with Crippen molar-refractivity contribution in [1.29, 1.82) is 0 Å². The second-order valence-corrected chi connectivity index (χ2v) is 12.0. The van der Waals surface area contributed by atoms with Gasteiger partial charge in [0.25, 0.3) is 0 Å². The maximum absolute atomic E-state index is 13.7. The van der Waals surface area contributed by atoms with E-state index in [1.165, 1.54) is 6.08 Å². The zero-order valence-electron chi connectivity index (χ0n) is 21.6. The molecule has 194 valence electrons. The fourth-order valence-electron chi connectivity index (χ4n) is 7.22. The van der Waals surface area contributed by atoms with Crippen LogP contribution in [0, 0.1) is 16.7 Å². The molecule has 0 spiro atoms. The van der Waals surface area contributed by atoms with Gasteiger partial charge >= 0.3 is 6.09 Å². The van der Waals surface area contributed by atoms with E-state index in [4.69, 9.17) is 9.47 Å². The van der Waals surface area contributed by atoms with Gasteiger partial charge in [-0.15, -0.1) is 6.58 Å². The molecule has 0 aromatic rings. The minimum atomic E-state index is -2.12. The molecule has 0 bridgehead atoms. The van der Waals surface area contributed by atoms with Crippen molar-refractivity contribution in [3.05, 3.63) is 12.7 Å². The molecule has 1 aliphatic heterocycles. The van der Waals surface area contributed by atoms with Crippen LogP contribution in [0.15, 0.2) is 12.7 Å². The van der Waals surface area contributed by atoms with E-state index in [0.29, 0.717) is 13.1 Å². The van der Waals surface area contributed by atoms with Crippen LogP contribution in [0.4, 0.5) is 4.79 Å². The molecule has 0 radical (unpaired) electrons. The maximum atomic E-state index is 13.7. The molecule has 9 nitrogen and oxygen atoms in total. The van der Waals surface area contributed by atoms with Gasteiger partial charge in [-0.05, 0) is 39.8 Å². The van der Waals surface area contributed by atoms with Crippen molar-refractivity contribution in [2.75, 3.05) is 27.2 Å². The summed E-state index contributed by atoms with van der Waals surface area (Å²) in [5, 5.41) is 37.9. The van der Waals surface area contributed by atoms with Gasteiger partial charge in [0.2, 0.25) is 0 Å². The Balaban J connectivity index is 2.02. The number of nitrogens with zero attached hydrogens (tertiary/aromatic N) is 1. The fourth-order valence-corrected chi connectivity index (χ4v) is 7.22. The lowest BCUT2D eigenvalue weighted by molar-refractivity contribution is -0.350. The molecule has 3 fully saturated rings. The summed E-state index contributed by atoms with van der Waals surface area (Å²) in [6.07, 6.45) is -2.36. The van der Waals surface area contributed by atoms with Crippen LogP contribution in [0.5, 0.6) is 0 Å². The van der Waals surface area contributed by atoms with Crippen molar-refractivity contribution < 1.29 is 34.4 Å². The minimum absolute atomic E-state index is 0.0195. The van der Waals surface area contributed by atoms with E-state index < -0.39 is 63.7 Å². The fraction of sp³-hybridized carbons (Fsp3) is 0.840. The molecule has 4 N–H and O–H groups in total. The average molecular weight is 483 g/mol. The van der Waals surface area contributed by atoms with E-state index >= 15 is 0 Å². The Labute approximate surface area is 202 Å². The third kappa shape index (κ3) is 3.89. The number of likely N-dealkylation sites (N-methyl/N-ethyl adjacent to an activating group) is 1. The number of amides is 1. The Morgan fingerprint density at radius 3 is 2.41 bits per heavy atom. The van der Waals surface area contributed by atoms with Crippen LogP contribution in [0.1, 0.15) is 53.9 Å². The summed E-state index contributed by atoms with van der Waals surface area (Å²) >= 11 is 0. The largest absolute Gasteiger partial charge is 0.443 e. The summed E-state index contributed by atoms with van der Waals surface area (Å²) in [5.41, 5.74) is -6.83. The first-order valence-corrected chi connectivity index (χ1v) is 12.0. The summed E-state index contributed by atoms with van der Waals surface area (Å²) in [6, 6.07) is 0. The lowest BCUT2D eigenvalue weighted by Crippen LogP contribution is -2.83. The number of aliphatic hydroxyl groups is 3. The summed E-state index contributed by atoms with van der Waals surface area (Å²) < 4.78 is 11.9. The van der Waals surface area contributed by atoms with E-state index in [-0.39, 0.29) is 19.3 Å². The quantitative estimate of drug-likeness (QED) is 0.431. The molecular weight excluding hydrogens is 440 g/mol. The van der Waals surface area contributed by atoms with E-state index in [0.717, 1.165) is 0 Å². The number of ketones is 1. The lowest BCUT2D eigenvalue weighted by atomic mass is 9.40. The third-order valence-electron chi connectivity index (χ3n) is 8.60. The molecule has 34 heavy (non-hydrogen) atoms. The number of alkyl carbamates (subject to hydrolysis) is 1. The van der Waals surface area contributed by atoms with Crippen molar-refractivity contribution in [3.8, 4) is 0 Å². The Kier molecular flexibility index (Phi) is 6.81. The second kappa shape index (κ2) is 8.55. The molecule has 0 aromatic carbocycles. The highest BCUT2D eigenvalue weighted by Gasteiger charge is 2.79. The van der Waals surface area contributed by atoms with Gasteiger partial charge in [0.05, 0.1) is 11.7 Å². The summed E-state index contributed by atoms with van der Waals surface area (Å²) in [5.74, 6) is -1.13. The monoisotopic (exact) mass is 482 g/mol. The SMILES string of the molecule is C=C[C@@]1(C)CC(=O)[C@]2(O)[C@@]3(C)[C@@H](O)C(OC(=O)NCCN(C)C)CC(C)(C)[C@@H]3[C@H](O)C[C@@]2(C)O1. The van der Waals surface area contributed by atoms with Gasteiger partial charge in [0.15, 0.2) is 11.4 Å². The number of carbonyl (C=O) groups is 2. The second-order valence-electron chi connectivity index (χ2n) is 12.0. The number of aliphatic hydroxyl groups excluding tert-OH is 2. The van der Waals surface area contributed by atoms with Crippen LogP contribution in [-0.2, 0) is 14.3 Å². The Morgan fingerprint density at radius 2 is 1.85 bits per heavy atom. The van der Waals surface area contributed by atoms with E-state index in [2.05, 4.69) is 11.9 Å². The third-order valence-corrected chi connectivity index (χ3v) is 8.60. The van der Waals surface area contributed by atoms with Crippen molar-refractivity contribution in [3.63, 3.8) is 0 Å². The normalized spacial score (nSPS) is 45.8. The van der Waals surface area contributed by atoms with E-state index in [1.807, 2.05) is 32.8 Å². The smallest absolute Gasteiger partial charge is 0.407 e. The molecule has 1 amide bonds. The molecule has 3 aliphatic rings. The molecule has 3 rings (SSSR count). The predicted octanol–water partition coefficient (Wildman–Crippen LogP) is 1.24. The number of nitrogens with one attached hydrogen (secondary N) is 1. The molecule has 1 unspecified atom stereocenters. The highest BCUT2D eigenvalue weighted by atomic mass is 16.6. The minimum Gasteiger partial charge on any atom is -0.443 e. The Bertz CT molecular complexity index is 847. The number of carbonyl (C=O) groups excluding carboxylic acids is 2. The first kappa shape index (κ1) is 27.1. The molecule has 9 heteroatoms. The zero-order valence-corrected chi connectivity index (χ0v) is 21.6. The molecule has 0 aromatic heterocycles. The van der Waals surface area contributed by atoms with Gasteiger partial charge in [-0.3, -0.25) is 4.79 Å². The molecule has 2 saturated carbocycles. The number of Topliss-reactive ketones (excluding diaryl/α,β-unsaturated/α-hetero) is 1. The van der Waals surface area contributed by atoms with Crippen LogP contribution >= 0.6 is 0 Å². The number of ether oxygens (including phenoxy) is 2. The van der Waals surface area contributed by atoms with Gasteiger partial charge in [0, 0.05) is 37.3 Å². The van der Waals surface area contributed by atoms with Gasteiger partial charge in [-0.25, -0.2) is 4.79 Å². The van der Waals surface area contributed by atoms with Gasteiger partial charge in [-0.2, -0.15) is 0 Å². The van der Waals surface area contributed by atoms with Crippen LogP contribution in [-0.4, -0.2) is 94.4 Å². The van der Waals surface area contributed by atoms with Crippen molar-refractivity contribution >= 4 is 11.9 Å². The molecule has 1 saturated heterocycles. The Hall–Kier alpha value is -1.52. The maximum Gasteiger partial charge on any atom is 0.407 e. The summed E-state index contributed by atoms with van der Waals surface area (Å²) in [7, 11) is 3.77. The summed E-state index contributed by atoms with van der Waals surface area (Å²) in [4.78, 5) is 28.1. The zero-order chi connectivity index (χ0) is 25.9. The Morgan fingerprint density at radius 1 is 1.24 bits per heavy atom. The number of fused-ring (bicyclic) bond motifs is 3. The van der Waals surface area contributed by atoms with Crippen molar-refractivity contribution in [1.82, 2.24) is 10.2 Å². The van der Waals surface area contributed by atoms with E-state index in [9.17, 15) is 24.9 Å². The molecule has 8 atom stereocenters. The van der Waals surface area contributed by atoms with Crippen LogP contribution < -0.4 is 5.32 Å². The van der Waals surface area contributed by atoms with Crippen molar-refractivity contribution in [2.24, 2.45) is 16.7 Å². The average Bonchev–Trinajstić information content (AvgIpc) is 2.68. The first-order valence-electron chi connectivity index (χ1n) is 12.0. The lowest BCUT2D eigenvalue weighted by Gasteiger charge is -2.70. The van der Waals surface area contributed by atoms with Crippen LogP contribution in [0.3, 0.4) is 0 Å². The molecule has 1 heterocycles. The molecular formula is C25H42N2O7. The van der Waals surface area contributed by atoms with Gasteiger partial charge < -0.3 is 35.0 Å². The van der Waals surface area contributed by atoms with Crippen molar-refractivity contribution in [2.45, 2.75) is 89.0 Å². The number of hydrogen-bond acceptors (Lipinski definition) is 8. The topological polar surface area (TPSA) is 129 Å². The first-order chi connectivity index (χ1) is 15.5. The highest BCUT2D eigenvalue weighted by Crippen LogP contribution is 2.66. The number of rotatable bonds is 5. The van der Waals surface area contributed by atoms with E-state index in [1.54, 1.807) is 20.8 Å². The summed E-state index contributed by atoms with van der Waals surface area (Å²) in [6.45, 7) is 13.5. The van der Waals surface area contributed by atoms with Gasteiger partial charge in [-0.1, -0.05) is 26.8 Å². The molecule has 2 aliphatic carbocycles. The van der Waals surface area contributed by atoms with Gasteiger partial charge in [0.1, 0.15) is 17.8 Å². The highest BCUT2D eigenvalue weighted by molar-refractivity contribution is 5.92. The van der Waals surface area contributed by atoms with Crippen LogP contribution in [0.2, 0.25) is 0 Å². The predicted molar refractivity (Wildman–Crippen MR) is 126 cm³/mol. The standard InChI is InChI=1S/C25H42N2O7/c1-9-22(4)14-17(29)25(32)23(5,34-22)12-15(28)18-21(2,3)13-16(19(30)24(18,25)6)33-20(31)26-10-11-27(7)8/h9,15-16,18-19,28,30,32H,1,10-14H2,2-8H3,(H,26,31)/t15-,16?,18+,19+,22+,23-,24-,25-/m1/s1.